The zero-order chi connectivity index (χ0) is 27.3. The highest BCUT2D eigenvalue weighted by Crippen LogP contribution is 2.37. The van der Waals surface area contributed by atoms with Crippen molar-refractivity contribution in [2.45, 2.75) is 27.7 Å². The van der Waals surface area contributed by atoms with Gasteiger partial charge in [-0.3, -0.25) is 0 Å². The van der Waals surface area contributed by atoms with Gasteiger partial charge in [-0.25, -0.2) is 14.4 Å². The van der Waals surface area contributed by atoms with Crippen LogP contribution in [0.15, 0.2) is 97.1 Å². The average Bonchev–Trinajstić information content (AvgIpc) is 2.84. The number of rotatable bonds is 8. The van der Waals surface area contributed by atoms with Gasteiger partial charge < -0.3 is 14.2 Å². The lowest BCUT2D eigenvalue weighted by Crippen LogP contribution is -2.11. The maximum Gasteiger partial charge on any atom is 0.338 e. The molecule has 0 spiro atoms. The molecule has 3 aromatic carbocycles. The summed E-state index contributed by atoms with van der Waals surface area (Å²) < 4.78 is 16.1. The van der Waals surface area contributed by atoms with Crippen LogP contribution >= 0.6 is 0 Å². The predicted molar refractivity (Wildman–Crippen MR) is 143 cm³/mol. The number of benzene rings is 3. The van der Waals surface area contributed by atoms with Crippen molar-refractivity contribution < 1.29 is 28.6 Å². The van der Waals surface area contributed by atoms with Crippen molar-refractivity contribution >= 4 is 17.9 Å². The van der Waals surface area contributed by atoms with E-state index in [4.69, 9.17) is 14.2 Å². The second kappa shape index (κ2) is 11.4. The summed E-state index contributed by atoms with van der Waals surface area (Å²) in [4.78, 5) is 36.0. The monoisotopic (exact) mass is 496 g/mol. The zero-order valence-corrected chi connectivity index (χ0v) is 21.3. The summed E-state index contributed by atoms with van der Waals surface area (Å²) in [6.45, 7) is 17.5. The van der Waals surface area contributed by atoms with E-state index >= 15 is 0 Å². The van der Waals surface area contributed by atoms with Crippen molar-refractivity contribution in [3.8, 4) is 39.5 Å². The number of carbonyl (C=O) groups excluding carboxylic acids is 3. The fourth-order valence-corrected chi connectivity index (χ4v) is 3.32. The molecular weight excluding hydrogens is 468 g/mol. The Kier molecular flexibility index (Phi) is 8.25. The van der Waals surface area contributed by atoms with Crippen molar-refractivity contribution in [2.24, 2.45) is 0 Å². The molecule has 3 aromatic rings. The van der Waals surface area contributed by atoms with E-state index in [0.717, 1.165) is 22.3 Å². The Hall–Kier alpha value is -4.71. The average molecular weight is 497 g/mol. The van der Waals surface area contributed by atoms with Gasteiger partial charge in [-0.2, -0.15) is 0 Å². The molecular formula is C31H28O6. The van der Waals surface area contributed by atoms with Crippen LogP contribution in [0.1, 0.15) is 26.3 Å². The smallest absolute Gasteiger partial charge is 0.338 e. The van der Waals surface area contributed by atoms with Gasteiger partial charge in [-0.1, -0.05) is 50.1 Å². The number of carbonyl (C=O) groups is 3. The molecule has 0 aliphatic carbocycles. The van der Waals surface area contributed by atoms with Gasteiger partial charge in [-0.15, -0.1) is 0 Å². The second-order valence-electron chi connectivity index (χ2n) is 8.72. The highest BCUT2D eigenvalue weighted by molar-refractivity contribution is 5.91. The van der Waals surface area contributed by atoms with E-state index in [1.807, 2.05) is 37.3 Å². The molecule has 6 heteroatoms. The maximum atomic E-state index is 12.3. The minimum atomic E-state index is -0.592. The fourth-order valence-electron chi connectivity index (χ4n) is 3.32. The first-order valence-corrected chi connectivity index (χ1v) is 11.4. The SMILES string of the molecule is C=C(C)C(=O)Oc1ccc(-c2ccc(-c3ccc(OC(=O)C(=C)C)cc3OC(=O)C(=C)C)cc2C)cc1. The largest absolute Gasteiger partial charge is 0.423 e. The molecule has 0 atom stereocenters. The summed E-state index contributed by atoms with van der Waals surface area (Å²) in [5.74, 6) is -0.756. The minimum absolute atomic E-state index is 0.224. The van der Waals surface area contributed by atoms with Gasteiger partial charge >= 0.3 is 17.9 Å². The van der Waals surface area contributed by atoms with Crippen LogP contribution in [0.2, 0.25) is 0 Å². The van der Waals surface area contributed by atoms with Gasteiger partial charge in [0.05, 0.1) is 0 Å². The standard InChI is InChI=1S/C31H28O6/c1-18(2)29(32)35-24-11-8-22(9-12-24)26-14-10-23(16-21(26)7)27-15-13-25(36-30(33)19(3)4)17-28(27)37-31(34)20(5)6/h8-17H,1,3,5H2,2,4,6-7H3. The van der Waals surface area contributed by atoms with E-state index in [-0.39, 0.29) is 22.6 Å². The maximum absolute atomic E-state index is 12.3. The molecule has 0 amide bonds. The van der Waals surface area contributed by atoms with Gasteiger partial charge in [0, 0.05) is 28.3 Å². The summed E-state index contributed by atoms with van der Waals surface area (Å²) in [5, 5.41) is 0. The summed E-state index contributed by atoms with van der Waals surface area (Å²) in [7, 11) is 0. The quantitative estimate of drug-likeness (QED) is 0.194. The lowest BCUT2D eigenvalue weighted by molar-refractivity contribution is -0.131. The molecule has 0 aliphatic heterocycles. The van der Waals surface area contributed by atoms with Crippen molar-refractivity contribution in [1.82, 2.24) is 0 Å². The van der Waals surface area contributed by atoms with Crippen LogP contribution < -0.4 is 14.2 Å². The van der Waals surface area contributed by atoms with Crippen molar-refractivity contribution in [3.05, 3.63) is 103 Å². The van der Waals surface area contributed by atoms with E-state index in [9.17, 15) is 14.4 Å². The van der Waals surface area contributed by atoms with E-state index in [1.165, 1.54) is 6.07 Å². The van der Waals surface area contributed by atoms with Crippen LogP contribution in [0.25, 0.3) is 22.3 Å². The molecule has 0 unspecified atom stereocenters. The lowest BCUT2D eigenvalue weighted by Gasteiger charge is -2.15. The third-order valence-electron chi connectivity index (χ3n) is 5.32. The van der Waals surface area contributed by atoms with Gasteiger partial charge in [-0.05, 0) is 74.2 Å². The molecule has 0 aromatic heterocycles. The Balaban J connectivity index is 1.95. The predicted octanol–water partition coefficient (Wildman–Crippen LogP) is 6.77. The van der Waals surface area contributed by atoms with Crippen LogP contribution in [0.4, 0.5) is 0 Å². The zero-order valence-electron chi connectivity index (χ0n) is 21.3. The number of esters is 3. The van der Waals surface area contributed by atoms with Crippen LogP contribution in [-0.4, -0.2) is 17.9 Å². The Morgan fingerprint density at radius 2 is 1.03 bits per heavy atom. The summed E-state index contributed by atoms with van der Waals surface area (Å²) in [6, 6.07) is 17.9. The molecule has 0 heterocycles. The molecule has 0 saturated heterocycles. The molecule has 0 fully saturated rings. The molecule has 0 N–H and O–H groups in total. The summed E-state index contributed by atoms with van der Waals surface area (Å²) in [6.07, 6.45) is 0. The van der Waals surface area contributed by atoms with Crippen LogP contribution in [0.3, 0.4) is 0 Å². The van der Waals surface area contributed by atoms with Crippen LogP contribution in [0, 0.1) is 6.92 Å². The van der Waals surface area contributed by atoms with Crippen molar-refractivity contribution in [3.63, 3.8) is 0 Å². The summed E-state index contributed by atoms with van der Waals surface area (Å²) >= 11 is 0. The highest BCUT2D eigenvalue weighted by Gasteiger charge is 2.16. The molecule has 3 rings (SSSR count). The molecule has 0 saturated carbocycles. The van der Waals surface area contributed by atoms with Gasteiger partial charge in [0.25, 0.3) is 0 Å². The third kappa shape index (κ3) is 6.70. The Morgan fingerprint density at radius 3 is 1.57 bits per heavy atom. The van der Waals surface area contributed by atoms with Gasteiger partial charge in [0.2, 0.25) is 0 Å². The van der Waals surface area contributed by atoms with Gasteiger partial charge in [0.1, 0.15) is 17.2 Å². The normalized spacial score (nSPS) is 10.3. The fraction of sp³-hybridized carbons (Fsp3) is 0.129. The molecule has 0 bridgehead atoms. The molecule has 188 valence electrons. The minimum Gasteiger partial charge on any atom is -0.423 e. The Morgan fingerprint density at radius 1 is 0.568 bits per heavy atom. The third-order valence-corrected chi connectivity index (χ3v) is 5.32. The van der Waals surface area contributed by atoms with E-state index in [1.54, 1.807) is 45.0 Å². The summed E-state index contributed by atoms with van der Waals surface area (Å²) in [5.41, 5.74) is 5.14. The van der Waals surface area contributed by atoms with Crippen LogP contribution in [0.5, 0.6) is 17.2 Å². The second-order valence-corrected chi connectivity index (χ2v) is 8.72. The molecule has 37 heavy (non-hydrogen) atoms. The topological polar surface area (TPSA) is 78.9 Å². The Labute approximate surface area is 216 Å². The number of aryl methyl sites for hydroxylation is 1. The number of hydrogen-bond acceptors (Lipinski definition) is 6. The lowest BCUT2D eigenvalue weighted by atomic mass is 9.95. The molecule has 0 radical (unpaired) electrons. The van der Waals surface area contributed by atoms with E-state index < -0.39 is 17.9 Å². The Bertz CT molecular complexity index is 1430. The van der Waals surface area contributed by atoms with Gasteiger partial charge in [0.15, 0.2) is 0 Å². The van der Waals surface area contributed by atoms with Crippen molar-refractivity contribution in [1.29, 1.82) is 0 Å². The molecule has 6 nitrogen and oxygen atoms in total. The van der Waals surface area contributed by atoms with Crippen molar-refractivity contribution in [2.75, 3.05) is 0 Å². The van der Waals surface area contributed by atoms with E-state index in [0.29, 0.717) is 16.9 Å². The highest BCUT2D eigenvalue weighted by atomic mass is 16.5. The first kappa shape index (κ1) is 26.9. The van der Waals surface area contributed by atoms with Crippen LogP contribution in [-0.2, 0) is 14.4 Å². The van der Waals surface area contributed by atoms with E-state index in [2.05, 4.69) is 19.7 Å². The first-order valence-electron chi connectivity index (χ1n) is 11.4. The number of ether oxygens (including phenoxy) is 3. The number of hydrogen-bond donors (Lipinski definition) is 0. The molecule has 0 aliphatic rings. The first-order chi connectivity index (χ1) is 17.5.